The van der Waals surface area contributed by atoms with Gasteiger partial charge in [0.1, 0.15) is 47.8 Å². The standard InChI is InChI=1S/C47H55ClN8O10/c1-25-42(61)54-36(44(63)52-26(2)46(65)55(3)37(24-57)41(50)60)22-27-8-18-38(58)33(21-27)34-23-31(15-19-39(34)59)40(45(64)51-25)56(4)47(66)35(7-5-6-20-49)53-43(62)30-11-9-28(10-12-30)29-13-16-32(48)17-14-29/h8-19,21,23,25-26,35-37,40,57-59H,5-7,20,22,24,49H2,1-4H3,(H2,50,60)(H,51,64)(H,52,63)(H,53,62)(H,54,61). The lowest BCUT2D eigenvalue weighted by Gasteiger charge is -2.32. The molecule has 66 heavy (non-hydrogen) atoms. The van der Waals surface area contributed by atoms with Crippen LogP contribution in [-0.2, 0) is 35.2 Å². The highest BCUT2D eigenvalue weighted by molar-refractivity contribution is 6.30. The van der Waals surface area contributed by atoms with Gasteiger partial charge in [0.2, 0.25) is 35.4 Å². The number of unbranched alkanes of at least 4 members (excludes halogenated alkanes) is 1. The maximum absolute atomic E-state index is 14.6. The SMILES string of the molecule is CC1NC(=O)C(N(C)C(=O)C(CCCCN)NC(=O)c2ccc(-c3ccc(Cl)cc3)cc2)c2ccc(O)c(c2)-c2cc(ccc2O)CC(C(=O)NC(C)C(=O)N(C)C(CO)C(N)=O)NC1=O. The van der Waals surface area contributed by atoms with Crippen molar-refractivity contribution < 1.29 is 48.9 Å². The molecule has 1 heterocycles. The van der Waals surface area contributed by atoms with Gasteiger partial charge in [0.15, 0.2) is 0 Å². The Morgan fingerprint density at radius 2 is 1.42 bits per heavy atom. The molecule has 6 unspecified atom stereocenters. The van der Waals surface area contributed by atoms with E-state index in [2.05, 4.69) is 21.3 Å². The van der Waals surface area contributed by atoms with E-state index >= 15 is 0 Å². The van der Waals surface area contributed by atoms with Crippen molar-refractivity contribution in [3.63, 3.8) is 0 Å². The Labute approximate surface area is 386 Å². The minimum atomic E-state index is -1.49. The van der Waals surface area contributed by atoms with Gasteiger partial charge in [-0.15, -0.1) is 0 Å². The molecule has 4 aromatic rings. The predicted molar refractivity (Wildman–Crippen MR) is 245 cm³/mol. The quantitative estimate of drug-likeness (QED) is 0.0776. The van der Waals surface area contributed by atoms with E-state index in [0.717, 1.165) is 20.9 Å². The van der Waals surface area contributed by atoms with Crippen molar-refractivity contribution >= 4 is 53.0 Å². The molecule has 1 aliphatic heterocycles. The van der Waals surface area contributed by atoms with Crippen LogP contribution in [0.25, 0.3) is 22.3 Å². The molecule has 350 valence electrons. The number of primary amides is 1. The van der Waals surface area contributed by atoms with Crippen molar-refractivity contribution in [2.75, 3.05) is 27.2 Å². The summed E-state index contributed by atoms with van der Waals surface area (Å²) in [7, 11) is 2.59. The van der Waals surface area contributed by atoms with E-state index in [1.54, 1.807) is 36.4 Å². The van der Waals surface area contributed by atoms with Crippen molar-refractivity contribution in [1.29, 1.82) is 0 Å². The molecule has 0 radical (unpaired) electrons. The molecule has 0 saturated heterocycles. The zero-order chi connectivity index (χ0) is 48.4. The second-order valence-electron chi connectivity index (χ2n) is 16.2. The summed E-state index contributed by atoms with van der Waals surface area (Å²) >= 11 is 6.04. The Bertz CT molecular complexity index is 2450. The first-order chi connectivity index (χ1) is 31.3. The normalized spacial score (nSPS) is 17.4. The maximum atomic E-state index is 14.6. The average Bonchev–Trinajstić information content (AvgIpc) is 3.29. The summed E-state index contributed by atoms with van der Waals surface area (Å²) in [4.78, 5) is 97.5. The minimum Gasteiger partial charge on any atom is -0.507 e. The number of nitrogens with zero attached hydrogens (tertiary/aromatic N) is 2. The molecule has 0 spiro atoms. The largest absolute Gasteiger partial charge is 0.507 e. The van der Waals surface area contributed by atoms with E-state index < -0.39 is 84.2 Å². The van der Waals surface area contributed by atoms with Crippen LogP contribution >= 0.6 is 11.6 Å². The number of carbonyl (C=O) groups excluding carboxylic acids is 7. The lowest BCUT2D eigenvalue weighted by atomic mass is 9.93. The Morgan fingerprint density at radius 3 is 2.03 bits per heavy atom. The molecular weight excluding hydrogens is 872 g/mol. The summed E-state index contributed by atoms with van der Waals surface area (Å²) in [6, 6.07) is 14.4. The minimum absolute atomic E-state index is 0.0608. The number of nitrogens with two attached hydrogens (primary N) is 2. The zero-order valence-corrected chi connectivity index (χ0v) is 37.7. The second-order valence-corrected chi connectivity index (χ2v) is 16.6. The number of hydrogen-bond donors (Lipinski definition) is 9. The van der Waals surface area contributed by atoms with Crippen LogP contribution in [0.2, 0.25) is 5.02 Å². The number of aliphatic hydroxyl groups excluding tert-OH is 1. The van der Waals surface area contributed by atoms with Gasteiger partial charge >= 0.3 is 0 Å². The fraction of sp³-hybridized carbons (Fsp3) is 0.340. The molecule has 11 N–H and O–H groups in total. The number of nitrogens with one attached hydrogen (secondary N) is 4. The molecule has 1 aliphatic rings. The number of likely N-dealkylation sites (N-methyl/N-ethyl adjacent to an activating group) is 2. The monoisotopic (exact) mass is 926 g/mol. The third-order valence-electron chi connectivity index (χ3n) is 11.4. The molecule has 0 aliphatic carbocycles. The summed E-state index contributed by atoms with van der Waals surface area (Å²) in [5.41, 5.74) is 13.8. The van der Waals surface area contributed by atoms with Gasteiger partial charge < -0.3 is 57.9 Å². The van der Waals surface area contributed by atoms with Gasteiger partial charge in [0, 0.05) is 42.2 Å². The lowest BCUT2D eigenvalue weighted by Crippen LogP contribution is -2.58. The Balaban J connectivity index is 1.47. The molecule has 7 amide bonds. The summed E-state index contributed by atoms with van der Waals surface area (Å²) < 4.78 is 0. The van der Waals surface area contributed by atoms with E-state index in [-0.39, 0.29) is 46.6 Å². The molecule has 4 aromatic carbocycles. The van der Waals surface area contributed by atoms with Crippen molar-refractivity contribution in [3.8, 4) is 33.8 Å². The number of amides is 7. The third-order valence-corrected chi connectivity index (χ3v) is 11.7. The van der Waals surface area contributed by atoms with Crippen LogP contribution in [0.3, 0.4) is 0 Å². The molecular formula is C47H55ClN8O10. The highest BCUT2D eigenvalue weighted by Gasteiger charge is 2.37. The van der Waals surface area contributed by atoms with Crippen LogP contribution in [0.4, 0.5) is 0 Å². The Morgan fingerprint density at radius 1 is 0.818 bits per heavy atom. The van der Waals surface area contributed by atoms with E-state index in [1.807, 2.05) is 12.1 Å². The number of hydrogen-bond acceptors (Lipinski definition) is 11. The number of aromatic hydroxyl groups is 2. The molecule has 0 saturated carbocycles. The summed E-state index contributed by atoms with van der Waals surface area (Å²) in [6.07, 6.45) is 0.927. The topological polar surface area (TPSA) is 287 Å². The number of rotatable bonds is 15. The van der Waals surface area contributed by atoms with E-state index in [9.17, 15) is 48.9 Å². The Hall–Kier alpha value is -7.02. The number of carbonyl (C=O) groups is 7. The van der Waals surface area contributed by atoms with Crippen LogP contribution in [0.15, 0.2) is 84.9 Å². The van der Waals surface area contributed by atoms with Gasteiger partial charge in [0.25, 0.3) is 5.91 Å². The molecule has 19 heteroatoms. The van der Waals surface area contributed by atoms with Crippen molar-refractivity contribution in [3.05, 3.63) is 107 Å². The maximum Gasteiger partial charge on any atom is 0.251 e. The van der Waals surface area contributed by atoms with Gasteiger partial charge in [-0.2, -0.15) is 0 Å². The number of benzene rings is 4. The van der Waals surface area contributed by atoms with Crippen molar-refractivity contribution in [1.82, 2.24) is 31.1 Å². The van der Waals surface area contributed by atoms with Gasteiger partial charge in [-0.1, -0.05) is 48.0 Å². The number of aliphatic hydroxyl groups is 1. The predicted octanol–water partition coefficient (Wildman–Crippen LogP) is 1.87. The third kappa shape index (κ3) is 12.0. The molecule has 0 aromatic heterocycles. The smallest absolute Gasteiger partial charge is 0.251 e. The lowest BCUT2D eigenvalue weighted by molar-refractivity contribution is -0.142. The van der Waals surface area contributed by atoms with Crippen LogP contribution in [0.1, 0.15) is 60.6 Å². The summed E-state index contributed by atoms with van der Waals surface area (Å²) in [5.74, 6) is -6.06. The molecule has 0 fully saturated rings. The van der Waals surface area contributed by atoms with Gasteiger partial charge in [-0.05, 0) is 110 Å². The fourth-order valence-electron chi connectivity index (χ4n) is 7.58. The number of phenolic OH excluding ortho intramolecular Hbond substituents is 2. The number of fused-ring (bicyclic) bond motifs is 5. The Kier molecular flexibility index (Phi) is 16.9. The molecule has 4 bridgehead atoms. The van der Waals surface area contributed by atoms with E-state index in [0.29, 0.717) is 30.0 Å². The number of phenols is 2. The van der Waals surface area contributed by atoms with Crippen LogP contribution in [0, 0.1) is 0 Å². The first-order valence-corrected chi connectivity index (χ1v) is 21.6. The zero-order valence-electron chi connectivity index (χ0n) is 36.9. The van der Waals surface area contributed by atoms with Gasteiger partial charge in [-0.25, -0.2) is 0 Å². The van der Waals surface area contributed by atoms with Crippen LogP contribution in [-0.4, -0.2) is 124 Å². The summed E-state index contributed by atoms with van der Waals surface area (Å²) in [5, 5.41) is 43.0. The highest BCUT2D eigenvalue weighted by Crippen LogP contribution is 2.39. The molecule has 18 nitrogen and oxygen atoms in total. The fourth-order valence-corrected chi connectivity index (χ4v) is 7.70. The molecule has 6 atom stereocenters. The van der Waals surface area contributed by atoms with Crippen LogP contribution < -0.4 is 32.7 Å². The van der Waals surface area contributed by atoms with Gasteiger partial charge in [0.05, 0.1) is 6.61 Å². The second kappa shape index (κ2) is 22.3. The van der Waals surface area contributed by atoms with Crippen molar-refractivity contribution in [2.24, 2.45) is 11.5 Å². The van der Waals surface area contributed by atoms with Crippen LogP contribution in [0.5, 0.6) is 11.5 Å². The molecule has 5 rings (SSSR count). The van der Waals surface area contributed by atoms with Crippen molar-refractivity contribution in [2.45, 2.75) is 75.8 Å². The van der Waals surface area contributed by atoms with E-state index in [1.165, 1.54) is 64.3 Å². The first kappa shape index (κ1) is 50.0. The first-order valence-electron chi connectivity index (χ1n) is 21.2. The highest BCUT2D eigenvalue weighted by atomic mass is 35.5. The van der Waals surface area contributed by atoms with E-state index in [4.69, 9.17) is 23.1 Å². The summed E-state index contributed by atoms with van der Waals surface area (Å²) in [6.45, 7) is 2.26. The average molecular weight is 927 g/mol. The van der Waals surface area contributed by atoms with Gasteiger partial charge in [-0.3, -0.25) is 33.6 Å². The number of halogens is 1.